The molecule has 2 aliphatic heterocycles. The predicted molar refractivity (Wildman–Crippen MR) is 107 cm³/mol. The molecule has 0 bridgehead atoms. The average Bonchev–Trinajstić information content (AvgIpc) is 3.25. The monoisotopic (exact) mass is 366 g/mol. The Kier molecular flexibility index (Phi) is 5.04. The third-order valence-corrected chi connectivity index (χ3v) is 6.19. The van der Waals surface area contributed by atoms with Gasteiger partial charge in [0.25, 0.3) is 5.91 Å². The third kappa shape index (κ3) is 3.65. The minimum atomic E-state index is 0.156. The lowest BCUT2D eigenvalue weighted by molar-refractivity contribution is 0.0782. The Morgan fingerprint density at radius 1 is 1.15 bits per heavy atom. The van der Waals surface area contributed by atoms with Gasteiger partial charge in [0.15, 0.2) is 0 Å². The summed E-state index contributed by atoms with van der Waals surface area (Å²) < 4.78 is 1.94. The maximum Gasteiger partial charge on any atom is 0.257 e. The summed E-state index contributed by atoms with van der Waals surface area (Å²) in [5.74, 6) is 1.39. The number of amides is 1. The Labute approximate surface area is 162 Å². The molecule has 0 unspecified atom stereocenters. The van der Waals surface area contributed by atoms with Gasteiger partial charge in [-0.15, -0.1) is 0 Å². The summed E-state index contributed by atoms with van der Waals surface area (Å²) in [6.45, 7) is 11.2. The first-order valence-corrected chi connectivity index (χ1v) is 10.1. The van der Waals surface area contributed by atoms with Crippen LogP contribution in [-0.2, 0) is 6.54 Å². The van der Waals surface area contributed by atoms with Crippen LogP contribution in [0.2, 0.25) is 0 Å². The van der Waals surface area contributed by atoms with E-state index in [1.54, 1.807) is 6.20 Å². The molecule has 27 heavy (non-hydrogen) atoms. The van der Waals surface area contributed by atoms with Crippen LogP contribution in [0.5, 0.6) is 0 Å². The number of fused-ring (bicyclic) bond motifs is 1. The molecule has 0 saturated carbocycles. The van der Waals surface area contributed by atoms with E-state index >= 15 is 0 Å². The molecule has 3 heterocycles. The van der Waals surface area contributed by atoms with Crippen LogP contribution in [0.1, 0.15) is 47.9 Å². The molecule has 2 fully saturated rings. The van der Waals surface area contributed by atoms with Crippen molar-refractivity contribution >= 4 is 5.91 Å². The van der Waals surface area contributed by atoms with Crippen molar-refractivity contribution in [3.63, 3.8) is 0 Å². The molecule has 0 radical (unpaired) electrons. The summed E-state index contributed by atoms with van der Waals surface area (Å²) in [7, 11) is 0. The highest BCUT2D eigenvalue weighted by molar-refractivity contribution is 5.95. The van der Waals surface area contributed by atoms with Crippen LogP contribution in [0.15, 0.2) is 36.5 Å². The summed E-state index contributed by atoms with van der Waals surface area (Å²) >= 11 is 0. The lowest BCUT2D eigenvalue weighted by atomic mass is 9.88. The number of carbonyl (C=O) groups excluding carboxylic acids is 1. The molecule has 144 valence electrons. The second-order valence-corrected chi connectivity index (χ2v) is 8.42. The van der Waals surface area contributed by atoms with Gasteiger partial charge in [-0.2, -0.15) is 5.10 Å². The van der Waals surface area contributed by atoms with Crippen LogP contribution in [0.25, 0.3) is 0 Å². The van der Waals surface area contributed by atoms with Gasteiger partial charge in [-0.3, -0.25) is 14.4 Å². The van der Waals surface area contributed by atoms with E-state index in [2.05, 4.69) is 59.1 Å². The first-order chi connectivity index (χ1) is 13.0. The Bertz CT molecular complexity index is 798. The van der Waals surface area contributed by atoms with Crippen LogP contribution in [0.3, 0.4) is 0 Å². The highest BCUT2D eigenvalue weighted by Gasteiger charge is 2.39. The van der Waals surface area contributed by atoms with Crippen molar-refractivity contribution in [2.45, 2.75) is 39.8 Å². The number of rotatable bonds is 4. The van der Waals surface area contributed by atoms with Crippen molar-refractivity contribution in [2.24, 2.45) is 11.8 Å². The highest BCUT2D eigenvalue weighted by Crippen LogP contribution is 2.33. The van der Waals surface area contributed by atoms with E-state index in [0.717, 1.165) is 44.0 Å². The van der Waals surface area contributed by atoms with Gasteiger partial charge >= 0.3 is 0 Å². The van der Waals surface area contributed by atoms with Gasteiger partial charge in [0.1, 0.15) is 0 Å². The number of hydrogen-bond donors (Lipinski definition) is 0. The minimum Gasteiger partial charge on any atom is -0.338 e. The summed E-state index contributed by atoms with van der Waals surface area (Å²) in [6, 6.07) is 11.0. The van der Waals surface area contributed by atoms with Crippen LogP contribution in [0, 0.1) is 18.8 Å². The number of piperidine rings is 1. The van der Waals surface area contributed by atoms with Crippen LogP contribution in [-0.4, -0.2) is 51.7 Å². The quantitative estimate of drug-likeness (QED) is 0.833. The molecular formula is C22H30N4O. The van der Waals surface area contributed by atoms with E-state index in [4.69, 9.17) is 0 Å². The Morgan fingerprint density at radius 3 is 2.59 bits per heavy atom. The van der Waals surface area contributed by atoms with E-state index in [1.165, 1.54) is 12.0 Å². The van der Waals surface area contributed by atoms with Gasteiger partial charge in [-0.05, 0) is 51.1 Å². The Hall–Kier alpha value is -2.14. The molecule has 2 aromatic rings. The molecule has 1 amide bonds. The van der Waals surface area contributed by atoms with E-state index in [-0.39, 0.29) is 11.9 Å². The van der Waals surface area contributed by atoms with Gasteiger partial charge in [0.05, 0.1) is 11.8 Å². The van der Waals surface area contributed by atoms with Crippen LogP contribution >= 0.6 is 0 Å². The molecule has 0 aliphatic carbocycles. The first kappa shape index (κ1) is 18.2. The molecule has 4 rings (SSSR count). The number of likely N-dealkylation sites (tertiary alicyclic amines) is 2. The molecule has 1 aromatic heterocycles. The molecule has 2 atom stereocenters. The van der Waals surface area contributed by atoms with E-state index < -0.39 is 0 Å². The molecule has 0 N–H and O–H groups in total. The van der Waals surface area contributed by atoms with Gasteiger partial charge < -0.3 is 4.90 Å². The minimum absolute atomic E-state index is 0.156. The number of nitrogens with zero attached hydrogens (tertiary/aromatic N) is 4. The smallest absolute Gasteiger partial charge is 0.257 e. The molecule has 5 nitrogen and oxygen atoms in total. The van der Waals surface area contributed by atoms with Gasteiger partial charge in [0, 0.05) is 37.9 Å². The van der Waals surface area contributed by atoms with E-state index in [0.29, 0.717) is 11.8 Å². The van der Waals surface area contributed by atoms with Crippen molar-refractivity contribution in [2.75, 3.05) is 26.2 Å². The zero-order valence-corrected chi connectivity index (χ0v) is 16.6. The van der Waals surface area contributed by atoms with E-state index in [1.807, 2.05) is 11.6 Å². The standard InChI is InChI=1S/C22H30N4O/c1-16(2)26-17(3)21(11-23-26)22(27)25-14-19-9-10-24(13-20(19)15-25)12-18-7-5-4-6-8-18/h4-8,11,16,19-20H,9-10,12-15H2,1-3H3/t19-,20+/m0/s1. The normalized spacial score (nSPS) is 23.0. The highest BCUT2D eigenvalue weighted by atomic mass is 16.2. The zero-order valence-electron chi connectivity index (χ0n) is 16.6. The zero-order chi connectivity index (χ0) is 19.0. The molecule has 0 spiro atoms. The first-order valence-electron chi connectivity index (χ1n) is 10.1. The molecule has 2 saturated heterocycles. The lowest BCUT2D eigenvalue weighted by Gasteiger charge is -2.34. The number of carbonyl (C=O) groups is 1. The maximum absolute atomic E-state index is 13.1. The lowest BCUT2D eigenvalue weighted by Crippen LogP contribution is -2.39. The van der Waals surface area contributed by atoms with Gasteiger partial charge in [0.2, 0.25) is 0 Å². The fourth-order valence-corrected chi connectivity index (χ4v) is 4.72. The summed E-state index contributed by atoms with van der Waals surface area (Å²) in [6.07, 6.45) is 2.94. The molecule has 1 aromatic carbocycles. The fraction of sp³-hybridized carbons (Fsp3) is 0.545. The third-order valence-electron chi connectivity index (χ3n) is 6.19. The predicted octanol–water partition coefficient (Wildman–Crippen LogP) is 3.37. The van der Waals surface area contributed by atoms with Gasteiger partial charge in [-0.1, -0.05) is 30.3 Å². The van der Waals surface area contributed by atoms with Crippen molar-refractivity contribution in [1.82, 2.24) is 19.6 Å². The van der Waals surface area contributed by atoms with E-state index in [9.17, 15) is 4.79 Å². The summed E-state index contributed by atoms with van der Waals surface area (Å²) in [5.41, 5.74) is 3.12. The number of hydrogen-bond acceptors (Lipinski definition) is 3. The van der Waals surface area contributed by atoms with Crippen LogP contribution < -0.4 is 0 Å². The largest absolute Gasteiger partial charge is 0.338 e. The Morgan fingerprint density at radius 2 is 1.89 bits per heavy atom. The van der Waals surface area contributed by atoms with Crippen LogP contribution in [0.4, 0.5) is 0 Å². The number of benzene rings is 1. The van der Waals surface area contributed by atoms with Crippen molar-refractivity contribution in [3.8, 4) is 0 Å². The van der Waals surface area contributed by atoms with Gasteiger partial charge in [-0.25, -0.2) is 0 Å². The average molecular weight is 367 g/mol. The molecule has 5 heteroatoms. The summed E-state index contributed by atoms with van der Waals surface area (Å²) in [5, 5.41) is 4.42. The Balaban J connectivity index is 1.40. The second-order valence-electron chi connectivity index (χ2n) is 8.42. The molecular weight excluding hydrogens is 336 g/mol. The van der Waals surface area contributed by atoms with Crippen molar-refractivity contribution in [3.05, 3.63) is 53.3 Å². The van der Waals surface area contributed by atoms with Crippen molar-refractivity contribution in [1.29, 1.82) is 0 Å². The summed E-state index contributed by atoms with van der Waals surface area (Å²) in [4.78, 5) is 17.7. The SMILES string of the molecule is Cc1c(C(=O)N2C[C@H]3CN(Cc4ccccc4)CC[C@H]3C2)cnn1C(C)C. The molecule has 2 aliphatic rings. The topological polar surface area (TPSA) is 41.4 Å². The maximum atomic E-state index is 13.1. The fourth-order valence-electron chi connectivity index (χ4n) is 4.72. The second kappa shape index (κ2) is 7.47. The van der Waals surface area contributed by atoms with Crippen molar-refractivity contribution < 1.29 is 4.79 Å². The number of aromatic nitrogens is 2.